The van der Waals surface area contributed by atoms with Gasteiger partial charge in [0.05, 0.1) is 18.1 Å². The first-order chi connectivity index (χ1) is 6.94. The molecule has 1 saturated heterocycles. The Hall–Kier alpha value is -0.620. The Balaban J connectivity index is 2.64. The van der Waals surface area contributed by atoms with Crippen LogP contribution in [0, 0.1) is 0 Å². The molecule has 0 bridgehead atoms. The molecule has 6 heteroatoms. The molecule has 1 aliphatic rings. The van der Waals surface area contributed by atoms with Gasteiger partial charge in [-0.25, -0.2) is 8.42 Å². The molecule has 1 heterocycles. The van der Waals surface area contributed by atoms with Crippen molar-refractivity contribution in [1.29, 1.82) is 0 Å². The van der Waals surface area contributed by atoms with Gasteiger partial charge in [0.1, 0.15) is 0 Å². The highest BCUT2D eigenvalue weighted by Gasteiger charge is 2.29. The molecule has 88 valence electrons. The molecule has 0 aromatic heterocycles. The van der Waals surface area contributed by atoms with Gasteiger partial charge in [-0.05, 0) is 19.4 Å². The summed E-state index contributed by atoms with van der Waals surface area (Å²) in [6, 6.07) is -0.121. The Morgan fingerprint density at radius 3 is 2.67 bits per heavy atom. The second kappa shape index (κ2) is 4.94. The lowest BCUT2D eigenvalue weighted by molar-refractivity contribution is -0.138. The molecule has 1 fully saturated rings. The van der Waals surface area contributed by atoms with E-state index in [2.05, 4.69) is 0 Å². The van der Waals surface area contributed by atoms with Gasteiger partial charge < -0.3 is 5.11 Å². The van der Waals surface area contributed by atoms with Gasteiger partial charge in [0.25, 0.3) is 0 Å². The van der Waals surface area contributed by atoms with Gasteiger partial charge in [-0.3, -0.25) is 9.69 Å². The summed E-state index contributed by atoms with van der Waals surface area (Å²) in [5.41, 5.74) is 0. The van der Waals surface area contributed by atoms with Gasteiger partial charge in [-0.2, -0.15) is 0 Å². The highest BCUT2D eigenvalue weighted by Crippen LogP contribution is 2.17. The van der Waals surface area contributed by atoms with Crippen LogP contribution in [0.4, 0.5) is 0 Å². The molecule has 0 saturated carbocycles. The molecule has 1 atom stereocenters. The minimum Gasteiger partial charge on any atom is -0.480 e. The average Bonchev–Trinajstić information content (AvgIpc) is 2.12. The number of hydrogen-bond acceptors (Lipinski definition) is 4. The van der Waals surface area contributed by atoms with Crippen LogP contribution >= 0.6 is 0 Å². The molecule has 0 amide bonds. The minimum absolute atomic E-state index is 0.0727. The van der Waals surface area contributed by atoms with Crippen LogP contribution in [0.2, 0.25) is 0 Å². The zero-order valence-electron chi connectivity index (χ0n) is 8.85. The number of nitrogens with zero attached hydrogens (tertiary/aromatic N) is 1. The second-order valence-electron chi connectivity index (χ2n) is 3.87. The lowest BCUT2D eigenvalue weighted by Crippen LogP contribution is -2.45. The van der Waals surface area contributed by atoms with Crippen molar-refractivity contribution in [3.8, 4) is 0 Å². The third kappa shape index (κ3) is 3.79. The van der Waals surface area contributed by atoms with Crippen LogP contribution in [0.3, 0.4) is 0 Å². The van der Waals surface area contributed by atoms with Gasteiger partial charge in [-0.1, -0.05) is 6.92 Å². The summed E-state index contributed by atoms with van der Waals surface area (Å²) >= 11 is 0. The summed E-state index contributed by atoms with van der Waals surface area (Å²) in [6.45, 7) is 2.35. The Morgan fingerprint density at radius 2 is 2.20 bits per heavy atom. The topological polar surface area (TPSA) is 74.7 Å². The first kappa shape index (κ1) is 12.4. The normalized spacial score (nSPS) is 25.3. The lowest BCUT2D eigenvalue weighted by atomic mass is 10.1. The molecule has 0 aliphatic carbocycles. The van der Waals surface area contributed by atoms with E-state index in [9.17, 15) is 13.2 Å². The number of carboxylic acids is 1. The van der Waals surface area contributed by atoms with Gasteiger partial charge in [-0.15, -0.1) is 0 Å². The fourth-order valence-electron chi connectivity index (χ4n) is 1.96. The zero-order valence-corrected chi connectivity index (χ0v) is 9.66. The average molecular weight is 235 g/mol. The van der Waals surface area contributed by atoms with E-state index in [1.807, 2.05) is 6.92 Å². The molecular formula is C9H17NO4S. The fourth-order valence-corrected chi connectivity index (χ4v) is 3.70. The fraction of sp³-hybridized carbons (Fsp3) is 0.889. The van der Waals surface area contributed by atoms with E-state index in [0.717, 1.165) is 6.42 Å². The Kier molecular flexibility index (Phi) is 4.10. The van der Waals surface area contributed by atoms with Crippen molar-refractivity contribution in [2.75, 3.05) is 24.6 Å². The van der Waals surface area contributed by atoms with E-state index < -0.39 is 15.8 Å². The molecule has 15 heavy (non-hydrogen) atoms. The standard InChI is InChI=1S/C9H17NO4S/c1-2-10(6-9(11)12)8-4-3-5-15(13,14)7-8/h8H,2-7H2,1H3,(H,11,12). The predicted octanol–water partition coefficient (Wildman–Crippen LogP) is -0.0299. The van der Waals surface area contributed by atoms with Crippen molar-refractivity contribution >= 4 is 15.8 Å². The molecule has 0 radical (unpaired) electrons. The zero-order chi connectivity index (χ0) is 11.5. The van der Waals surface area contributed by atoms with Crippen molar-refractivity contribution in [2.24, 2.45) is 0 Å². The molecule has 0 spiro atoms. The monoisotopic (exact) mass is 235 g/mol. The van der Waals surface area contributed by atoms with Crippen molar-refractivity contribution in [3.63, 3.8) is 0 Å². The van der Waals surface area contributed by atoms with Crippen LogP contribution < -0.4 is 0 Å². The van der Waals surface area contributed by atoms with Crippen LogP contribution in [-0.2, 0) is 14.6 Å². The predicted molar refractivity (Wildman–Crippen MR) is 56.6 cm³/mol. The van der Waals surface area contributed by atoms with E-state index in [1.54, 1.807) is 4.90 Å². The maximum atomic E-state index is 11.4. The Labute approximate surface area is 90.0 Å². The number of aliphatic carboxylic acids is 1. The number of sulfone groups is 1. The number of carboxylic acid groups (broad SMARTS) is 1. The molecule has 1 aliphatic heterocycles. The molecule has 0 aromatic carbocycles. The smallest absolute Gasteiger partial charge is 0.317 e. The molecular weight excluding hydrogens is 218 g/mol. The Morgan fingerprint density at radius 1 is 1.53 bits per heavy atom. The summed E-state index contributed by atoms with van der Waals surface area (Å²) in [7, 11) is -2.96. The molecule has 1 rings (SSSR count). The largest absolute Gasteiger partial charge is 0.480 e. The van der Waals surface area contributed by atoms with Crippen molar-refractivity contribution < 1.29 is 18.3 Å². The molecule has 0 aromatic rings. The summed E-state index contributed by atoms with van der Waals surface area (Å²) in [4.78, 5) is 12.3. The van der Waals surface area contributed by atoms with E-state index in [1.165, 1.54) is 0 Å². The summed E-state index contributed by atoms with van der Waals surface area (Å²) < 4.78 is 22.8. The van der Waals surface area contributed by atoms with Gasteiger partial charge in [0, 0.05) is 6.04 Å². The van der Waals surface area contributed by atoms with Gasteiger partial charge >= 0.3 is 5.97 Å². The summed E-state index contributed by atoms with van der Waals surface area (Å²) in [6.07, 6.45) is 1.42. The first-order valence-electron chi connectivity index (χ1n) is 5.11. The van der Waals surface area contributed by atoms with Crippen LogP contribution in [0.25, 0.3) is 0 Å². The maximum absolute atomic E-state index is 11.4. The van der Waals surface area contributed by atoms with Crippen LogP contribution in [0.1, 0.15) is 19.8 Å². The molecule has 1 N–H and O–H groups in total. The third-order valence-electron chi connectivity index (χ3n) is 2.70. The van der Waals surface area contributed by atoms with Gasteiger partial charge in [0.15, 0.2) is 9.84 Å². The van der Waals surface area contributed by atoms with Gasteiger partial charge in [0.2, 0.25) is 0 Å². The highest BCUT2D eigenvalue weighted by molar-refractivity contribution is 7.91. The van der Waals surface area contributed by atoms with Crippen LogP contribution in [0.15, 0.2) is 0 Å². The maximum Gasteiger partial charge on any atom is 0.317 e. The minimum atomic E-state index is -2.96. The van der Waals surface area contributed by atoms with Crippen LogP contribution in [0.5, 0.6) is 0 Å². The number of carbonyl (C=O) groups is 1. The highest BCUT2D eigenvalue weighted by atomic mass is 32.2. The molecule has 1 unspecified atom stereocenters. The van der Waals surface area contributed by atoms with Crippen molar-refractivity contribution in [1.82, 2.24) is 4.90 Å². The number of likely N-dealkylation sites (N-methyl/N-ethyl adjacent to an activating group) is 1. The second-order valence-corrected chi connectivity index (χ2v) is 6.10. The Bertz CT molecular complexity index is 325. The summed E-state index contributed by atoms with van der Waals surface area (Å²) in [5.74, 6) is -0.553. The molecule has 5 nitrogen and oxygen atoms in total. The quantitative estimate of drug-likeness (QED) is 0.740. The van der Waals surface area contributed by atoms with Crippen molar-refractivity contribution in [3.05, 3.63) is 0 Å². The van der Waals surface area contributed by atoms with Crippen molar-refractivity contribution in [2.45, 2.75) is 25.8 Å². The lowest BCUT2D eigenvalue weighted by Gasteiger charge is -2.31. The number of hydrogen-bond donors (Lipinski definition) is 1. The van der Waals surface area contributed by atoms with E-state index in [4.69, 9.17) is 5.11 Å². The third-order valence-corrected chi connectivity index (χ3v) is 4.50. The van der Waals surface area contributed by atoms with E-state index >= 15 is 0 Å². The van der Waals surface area contributed by atoms with Crippen LogP contribution in [-0.4, -0.2) is 55.0 Å². The van der Waals surface area contributed by atoms with E-state index in [0.29, 0.717) is 13.0 Å². The van der Waals surface area contributed by atoms with E-state index in [-0.39, 0.29) is 24.1 Å². The summed E-state index contributed by atoms with van der Waals surface area (Å²) in [5, 5.41) is 8.68. The first-order valence-corrected chi connectivity index (χ1v) is 6.93. The number of rotatable bonds is 4. The SMILES string of the molecule is CCN(CC(=O)O)C1CCCS(=O)(=O)C1.